The number of nitrogens with zero attached hydrogens (tertiary/aromatic N) is 2. The molecule has 132 valence electrons. The molecule has 1 aliphatic heterocycles. The number of rotatable bonds is 4. The van der Waals surface area contributed by atoms with E-state index in [0.29, 0.717) is 0 Å². The lowest BCUT2D eigenvalue weighted by molar-refractivity contribution is -0.666. The first-order chi connectivity index (χ1) is 9.41. The van der Waals surface area contributed by atoms with Gasteiger partial charge in [-0.1, -0.05) is 12.9 Å². The van der Waals surface area contributed by atoms with E-state index in [0.717, 1.165) is 0 Å². The van der Waals surface area contributed by atoms with Crippen molar-refractivity contribution in [2.45, 2.75) is 78.6 Å². The van der Waals surface area contributed by atoms with Gasteiger partial charge in [0.05, 0.1) is 0 Å². The Hall–Kier alpha value is 0.917. The van der Waals surface area contributed by atoms with Crippen LogP contribution in [0.3, 0.4) is 0 Å². The van der Waals surface area contributed by atoms with Gasteiger partial charge in [0.15, 0.2) is 14.8 Å². The standard InChI is InChI=1S/C14H44B2N2Si4/c1-19(2,3)17(20(4,5)6)13-16-18(14-15-17,21(7,8)9)22(10,11)12/h13-16H2,1-12H3. The van der Waals surface area contributed by atoms with E-state index < -0.39 is 32.9 Å². The molecule has 0 atom stereocenters. The molecule has 0 aromatic carbocycles. The minimum atomic E-state index is -1.12. The fourth-order valence-corrected chi connectivity index (χ4v) is 32.1. The van der Waals surface area contributed by atoms with E-state index >= 15 is 0 Å². The first kappa shape index (κ1) is 21.0. The van der Waals surface area contributed by atoms with Gasteiger partial charge in [-0.05, 0) is 78.6 Å². The molecule has 1 saturated heterocycles. The maximum Gasteiger partial charge on any atom is 0.214 e. The number of quaternary nitrogens is 2. The highest BCUT2D eigenvalue weighted by molar-refractivity contribution is 6.91. The maximum atomic E-state index is 2.68. The normalized spacial score (nSPS) is 23.5. The van der Waals surface area contributed by atoms with Gasteiger partial charge in [-0.15, -0.1) is 0 Å². The molecule has 0 N–H and O–H groups in total. The first-order valence-electron chi connectivity index (χ1n) is 9.84. The molecule has 0 radical (unpaired) electrons. The van der Waals surface area contributed by atoms with Crippen LogP contribution in [0, 0.1) is 0 Å². The van der Waals surface area contributed by atoms with Crippen molar-refractivity contribution in [3.8, 4) is 0 Å². The van der Waals surface area contributed by atoms with Crippen LogP contribution >= 0.6 is 0 Å². The summed E-state index contributed by atoms with van der Waals surface area (Å²) < 4.78 is 3.46. The average molecular weight is 374 g/mol. The third kappa shape index (κ3) is 3.20. The summed E-state index contributed by atoms with van der Waals surface area (Å²) in [5.41, 5.74) is 0. The smallest absolute Gasteiger partial charge is 0.214 e. The third-order valence-corrected chi connectivity index (χ3v) is 31.0. The van der Waals surface area contributed by atoms with Crippen molar-refractivity contribution >= 4 is 47.8 Å². The zero-order valence-corrected chi connectivity index (χ0v) is 22.3. The van der Waals surface area contributed by atoms with Gasteiger partial charge in [0, 0.05) is 0 Å². The lowest BCUT2D eigenvalue weighted by Gasteiger charge is -2.79. The minimum Gasteiger partial charge on any atom is -0.674 e. The van der Waals surface area contributed by atoms with E-state index in [2.05, 4.69) is 78.6 Å². The molecule has 0 aromatic heterocycles. The van der Waals surface area contributed by atoms with E-state index in [9.17, 15) is 0 Å². The summed E-state index contributed by atoms with van der Waals surface area (Å²) in [5, 5.41) is 0. The summed E-state index contributed by atoms with van der Waals surface area (Å²) in [7, 11) is -4.20. The molecule has 0 unspecified atom stereocenters. The average Bonchev–Trinajstić information content (AvgIpc) is 2.22. The van der Waals surface area contributed by atoms with E-state index in [-0.39, 0.29) is 14.8 Å². The summed E-state index contributed by atoms with van der Waals surface area (Å²) in [6.07, 6.45) is 3.31. The summed E-state index contributed by atoms with van der Waals surface area (Å²) >= 11 is 0. The molecule has 8 heteroatoms. The van der Waals surface area contributed by atoms with Crippen LogP contribution in [0.2, 0.25) is 78.6 Å². The molecule has 2 nitrogen and oxygen atoms in total. The molecule has 1 rings (SSSR count). The van der Waals surface area contributed by atoms with Gasteiger partial charge in [-0.3, -0.25) is 0 Å². The molecule has 0 bridgehead atoms. The largest absolute Gasteiger partial charge is 0.674 e. The summed E-state index contributed by atoms with van der Waals surface area (Å²) in [6.45, 7) is 32.2. The molecule has 1 aliphatic rings. The van der Waals surface area contributed by atoms with Crippen molar-refractivity contribution in [3.05, 3.63) is 0 Å². The van der Waals surface area contributed by atoms with Gasteiger partial charge >= 0.3 is 0 Å². The zero-order valence-electron chi connectivity index (χ0n) is 18.3. The van der Waals surface area contributed by atoms with Crippen LogP contribution < -0.4 is 0 Å². The highest BCUT2D eigenvalue weighted by Crippen LogP contribution is 2.38. The van der Waals surface area contributed by atoms with Crippen LogP contribution in [0.4, 0.5) is 0 Å². The second-order valence-corrected chi connectivity index (χ2v) is 34.5. The van der Waals surface area contributed by atoms with Crippen LogP contribution in [-0.4, -0.2) is 68.1 Å². The van der Waals surface area contributed by atoms with Gasteiger partial charge in [0.1, 0.15) is 0 Å². The van der Waals surface area contributed by atoms with Crippen LogP contribution in [0.15, 0.2) is 0 Å². The Kier molecular flexibility index (Phi) is 5.46. The van der Waals surface area contributed by atoms with Crippen molar-refractivity contribution in [3.63, 3.8) is 0 Å². The predicted octanol–water partition coefficient (Wildman–Crippen LogP) is 3.06. The second kappa shape index (κ2) is 5.73. The van der Waals surface area contributed by atoms with Gasteiger partial charge in [-0.2, -0.15) is 0 Å². The monoisotopic (exact) mass is 374 g/mol. The molecule has 22 heavy (non-hydrogen) atoms. The Morgan fingerprint density at radius 2 is 0.636 bits per heavy atom. The third-order valence-electron chi connectivity index (χ3n) is 8.55. The van der Waals surface area contributed by atoms with Crippen molar-refractivity contribution in [1.82, 2.24) is 0 Å². The number of hydrogen-bond acceptors (Lipinski definition) is 0. The highest BCUT2D eigenvalue weighted by atomic mass is 28.4. The Morgan fingerprint density at radius 1 is 0.455 bits per heavy atom. The van der Waals surface area contributed by atoms with Crippen LogP contribution in [0.25, 0.3) is 0 Å². The molecule has 1 heterocycles. The molecule has 1 fully saturated rings. The molecule has 0 aliphatic carbocycles. The summed E-state index contributed by atoms with van der Waals surface area (Å²) in [6, 6.07) is 0. The fourth-order valence-electron chi connectivity index (χ4n) is 7.30. The van der Waals surface area contributed by atoms with E-state index in [1.807, 2.05) is 0 Å². The molecular formula is C14H44B2N2Si4. The zero-order chi connectivity index (χ0) is 17.8. The van der Waals surface area contributed by atoms with Crippen molar-refractivity contribution in [2.75, 3.05) is 12.9 Å². The van der Waals surface area contributed by atoms with Gasteiger partial charge in [-0.25, -0.2) is 0 Å². The van der Waals surface area contributed by atoms with E-state index in [4.69, 9.17) is 0 Å². The van der Waals surface area contributed by atoms with Gasteiger partial charge in [0.2, 0.25) is 32.9 Å². The lowest BCUT2D eigenvalue weighted by atomic mass is 9.79. The van der Waals surface area contributed by atoms with Gasteiger partial charge in [0.25, 0.3) is 0 Å². The van der Waals surface area contributed by atoms with Crippen molar-refractivity contribution in [1.29, 1.82) is 0 Å². The SMILES string of the molecule is C[Si](C)(C)[N+]1([Si](C)(C)C)[BH2-]C[N+]([Si](C)(C)C)([Si](C)(C)C)[BH2-]C1. The quantitative estimate of drug-likeness (QED) is 0.664. The molecule has 0 amide bonds. The van der Waals surface area contributed by atoms with Crippen molar-refractivity contribution in [2.24, 2.45) is 0 Å². The first-order valence-corrected chi connectivity index (χ1v) is 23.6. The Labute approximate surface area is 146 Å². The van der Waals surface area contributed by atoms with Crippen LogP contribution in [0.1, 0.15) is 0 Å². The topological polar surface area (TPSA) is 0 Å². The lowest BCUT2D eigenvalue weighted by Crippen LogP contribution is -2.89. The Balaban J connectivity index is 3.30. The number of hydrogen-bond donors (Lipinski definition) is 0. The Morgan fingerprint density at radius 3 is 0.727 bits per heavy atom. The van der Waals surface area contributed by atoms with Gasteiger partial charge < -0.3 is 7.45 Å². The summed E-state index contributed by atoms with van der Waals surface area (Å²) in [5.74, 6) is 0. The van der Waals surface area contributed by atoms with E-state index in [1.165, 1.54) is 0 Å². The van der Waals surface area contributed by atoms with E-state index in [1.54, 1.807) is 20.3 Å². The second-order valence-electron chi connectivity index (χ2n) is 12.3. The summed E-state index contributed by atoms with van der Waals surface area (Å²) in [4.78, 5) is 0. The van der Waals surface area contributed by atoms with Crippen molar-refractivity contribution < 1.29 is 7.45 Å². The molecule has 0 aromatic rings. The molecule has 0 saturated carbocycles. The maximum absolute atomic E-state index is 2.68. The Bertz CT molecular complexity index is 337. The fraction of sp³-hybridized carbons (Fsp3) is 1.00. The minimum absolute atomic E-state index is 0.130. The predicted molar refractivity (Wildman–Crippen MR) is 121 cm³/mol. The molecule has 0 spiro atoms. The van der Waals surface area contributed by atoms with Crippen LogP contribution in [0.5, 0.6) is 0 Å². The molecular weight excluding hydrogens is 330 g/mol. The van der Waals surface area contributed by atoms with Crippen LogP contribution in [-0.2, 0) is 0 Å². The highest BCUT2D eigenvalue weighted by Gasteiger charge is 2.53.